The molecule has 25 heavy (non-hydrogen) atoms. The number of furan rings is 1. The van der Waals surface area contributed by atoms with Crippen LogP contribution in [0, 0.1) is 26.2 Å². The number of aryl methyl sites for hydroxylation is 3. The van der Waals surface area contributed by atoms with Crippen molar-refractivity contribution in [1.29, 1.82) is 0 Å². The van der Waals surface area contributed by atoms with Crippen LogP contribution < -0.4 is 16.2 Å². The zero-order valence-electron chi connectivity index (χ0n) is 15.0. The van der Waals surface area contributed by atoms with Crippen LogP contribution in [-0.2, 0) is 0 Å². The number of amides is 2. The van der Waals surface area contributed by atoms with Gasteiger partial charge < -0.3 is 19.6 Å². The first kappa shape index (κ1) is 18.6. The number of carbonyl (C=O) groups excluding carboxylic acids is 2. The second kappa shape index (κ2) is 7.00. The molecule has 3 N–H and O–H groups in total. The van der Waals surface area contributed by atoms with Crippen LogP contribution in [0.2, 0.25) is 0 Å². The number of H-pyrrole nitrogens is 1. The molecule has 0 saturated heterocycles. The second-order valence-electron chi connectivity index (χ2n) is 6.86. The molecule has 0 spiro atoms. The van der Waals surface area contributed by atoms with E-state index in [9.17, 15) is 14.4 Å². The third kappa shape index (κ3) is 4.40. The van der Waals surface area contributed by atoms with Crippen molar-refractivity contribution in [1.82, 2.24) is 15.8 Å². The monoisotopic (exact) mass is 349 g/mol. The smallest absolute Gasteiger partial charge is 0.293 e. The summed E-state index contributed by atoms with van der Waals surface area (Å²) in [4.78, 5) is 35.8. The van der Waals surface area contributed by atoms with Crippen LogP contribution in [-0.4, -0.2) is 30.1 Å². The maximum Gasteiger partial charge on any atom is 0.293 e. The van der Waals surface area contributed by atoms with Crippen molar-refractivity contribution in [3.8, 4) is 0 Å². The minimum atomic E-state index is -0.565. The lowest BCUT2D eigenvalue weighted by Gasteiger charge is -2.25. The molecule has 0 aromatic carbocycles. The minimum absolute atomic E-state index is 0.0403. The number of hydrogen-bond donors (Lipinski definition) is 3. The summed E-state index contributed by atoms with van der Waals surface area (Å²) in [5, 5.41) is 7.62. The summed E-state index contributed by atoms with van der Waals surface area (Å²) in [7, 11) is 0. The maximum atomic E-state index is 12.2. The van der Waals surface area contributed by atoms with Crippen LogP contribution in [0.15, 0.2) is 19.8 Å². The molecule has 2 rings (SSSR count). The van der Waals surface area contributed by atoms with Crippen LogP contribution in [0.25, 0.3) is 0 Å². The van der Waals surface area contributed by atoms with Gasteiger partial charge in [0.05, 0.1) is 0 Å². The van der Waals surface area contributed by atoms with Gasteiger partial charge in [0.15, 0.2) is 5.76 Å². The van der Waals surface area contributed by atoms with Crippen LogP contribution in [0.1, 0.15) is 51.8 Å². The predicted octanol–water partition coefficient (Wildman–Crippen LogP) is 1.67. The van der Waals surface area contributed by atoms with Crippen molar-refractivity contribution in [2.45, 2.75) is 34.6 Å². The third-order valence-corrected chi connectivity index (χ3v) is 3.81. The summed E-state index contributed by atoms with van der Waals surface area (Å²) in [5.41, 5.74) is -0.257. The van der Waals surface area contributed by atoms with E-state index in [1.807, 2.05) is 20.8 Å². The predicted molar refractivity (Wildman–Crippen MR) is 90.7 cm³/mol. The maximum absolute atomic E-state index is 12.2. The quantitative estimate of drug-likeness (QED) is 0.733. The number of rotatable bonds is 6. The summed E-state index contributed by atoms with van der Waals surface area (Å²) in [6.45, 7) is 9.50. The normalized spacial score (nSPS) is 11.4. The zero-order valence-corrected chi connectivity index (χ0v) is 15.0. The van der Waals surface area contributed by atoms with E-state index in [-0.39, 0.29) is 29.5 Å². The lowest BCUT2D eigenvalue weighted by molar-refractivity contribution is 0.0898. The van der Waals surface area contributed by atoms with Gasteiger partial charge in [-0.05, 0) is 32.3 Å². The van der Waals surface area contributed by atoms with E-state index in [0.29, 0.717) is 12.3 Å². The first-order valence-electron chi connectivity index (χ1n) is 7.92. The van der Waals surface area contributed by atoms with Gasteiger partial charge in [-0.3, -0.25) is 14.4 Å². The topological polar surface area (TPSA) is 117 Å². The van der Waals surface area contributed by atoms with Gasteiger partial charge in [0.1, 0.15) is 17.1 Å². The zero-order chi connectivity index (χ0) is 18.8. The Kier molecular flexibility index (Phi) is 5.20. The van der Waals surface area contributed by atoms with Crippen LogP contribution in [0.3, 0.4) is 0 Å². The standard InChI is InChI=1S/C17H23N3O5/c1-9-6-10(2)24-13(9)16(23)19-8-17(4,5)7-18-14(21)12-11(3)25-20-15(12)22/h6H,7-8H2,1-5H3,(H,18,21)(H,19,23)(H,20,22). The summed E-state index contributed by atoms with van der Waals surface area (Å²) >= 11 is 0. The van der Waals surface area contributed by atoms with E-state index in [1.54, 1.807) is 13.0 Å². The number of nitrogens with one attached hydrogen (secondary N) is 3. The Morgan fingerprint density at radius 3 is 2.20 bits per heavy atom. The molecule has 0 bridgehead atoms. The Labute approximate surface area is 144 Å². The Morgan fingerprint density at radius 2 is 1.72 bits per heavy atom. The summed E-state index contributed by atoms with van der Waals surface area (Å²) in [5.74, 6) is 0.390. The average Bonchev–Trinajstić information content (AvgIpc) is 3.04. The molecule has 2 aromatic rings. The SMILES string of the molecule is Cc1cc(C)c(C(=O)NCC(C)(C)CNC(=O)c2c(C)o[nH]c2=O)o1. The number of carbonyl (C=O) groups is 2. The molecule has 0 atom stereocenters. The van der Waals surface area contributed by atoms with Gasteiger partial charge in [-0.2, -0.15) is 5.16 Å². The van der Waals surface area contributed by atoms with E-state index < -0.39 is 16.9 Å². The fourth-order valence-corrected chi connectivity index (χ4v) is 2.38. The van der Waals surface area contributed by atoms with Crippen molar-refractivity contribution >= 4 is 11.8 Å². The van der Waals surface area contributed by atoms with E-state index in [2.05, 4.69) is 15.8 Å². The molecule has 0 fully saturated rings. The molecule has 0 aliphatic carbocycles. The Balaban J connectivity index is 1.91. The Morgan fingerprint density at radius 1 is 1.12 bits per heavy atom. The highest BCUT2D eigenvalue weighted by molar-refractivity contribution is 5.94. The van der Waals surface area contributed by atoms with E-state index in [0.717, 1.165) is 5.56 Å². The molecule has 136 valence electrons. The second-order valence-corrected chi connectivity index (χ2v) is 6.86. The van der Waals surface area contributed by atoms with Gasteiger partial charge in [0, 0.05) is 18.7 Å². The van der Waals surface area contributed by atoms with Gasteiger partial charge in [-0.1, -0.05) is 13.8 Å². The Bertz CT molecular complexity index is 841. The van der Waals surface area contributed by atoms with Crippen molar-refractivity contribution in [2.24, 2.45) is 5.41 Å². The first-order valence-corrected chi connectivity index (χ1v) is 7.92. The number of hydrogen-bond acceptors (Lipinski definition) is 5. The average molecular weight is 349 g/mol. The molecular formula is C17H23N3O5. The molecule has 2 aromatic heterocycles. The van der Waals surface area contributed by atoms with Gasteiger partial charge in [0.25, 0.3) is 17.4 Å². The van der Waals surface area contributed by atoms with E-state index >= 15 is 0 Å². The number of aromatic nitrogens is 1. The summed E-state index contributed by atoms with van der Waals surface area (Å²) in [6, 6.07) is 1.80. The van der Waals surface area contributed by atoms with Gasteiger partial charge in [-0.25, -0.2) is 0 Å². The molecule has 8 nitrogen and oxygen atoms in total. The molecule has 2 heterocycles. The van der Waals surface area contributed by atoms with Gasteiger partial charge in [0.2, 0.25) is 0 Å². The molecular weight excluding hydrogens is 326 g/mol. The van der Waals surface area contributed by atoms with Crippen molar-refractivity contribution in [2.75, 3.05) is 13.1 Å². The summed E-state index contributed by atoms with van der Waals surface area (Å²) < 4.78 is 10.2. The van der Waals surface area contributed by atoms with Crippen LogP contribution in [0.4, 0.5) is 0 Å². The lowest BCUT2D eigenvalue weighted by Crippen LogP contribution is -2.42. The molecule has 0 radical (unpaired) electrons. The molecule has 0 unspecified atom stereocenters. The fourth-order valence-electron chi connectivity index (χ4n) is 2.38. The van der Waals surface area contributed by atoms with Crippen molar-refractivity contribution < 1.29 is 18.5 Å². The molecule has 0 aliphatic heterocycles. The fraction of sp³-hybridized carbons (Fsp3) is 0.471. The van der Waals surface area contributed by atoms with Crippen LogP contribution >= 0.6 is 0 Å². The largest absolute Gasteiger partial charge is 0.456 e. The summed E-state index contributed by atoms with van der Waals surface area (Å²) in [6.07, 6.45) is 0. The van der Waals surface area contributed by atoms with Gasteiger partial charge >= 0.3 is 0 Å². The Hall–Kier alpha value is -2.77. The van der Waals surface area contributed by atoms with Crippen molar-refractivity contribution in [3.05, 3.63) is 44.8 Å². The molecule has 0 aliphatic rings. The lowest BCUT2D eigenvalue weighted by atomic mass is 9.93. The van der Waals surface area contributed by atoms with Gasteiger partial charge in [-0.15, -0.1) is 0 Å². The third-order valence-electron chi connectivity index (χ3n) is 3.81. The van der Waals surface area contributed by atoms with E-state index in [1.165, 1.54) is 6.92 Å². The molecule has 8 heteroatoms. The molecule has 0 saturated carbocycles. The minimum Gasteiger partial charge on any atom is -0.456 e. The highest BCUT2D eigenvalue weighted by Gasteiger charge is 2.24. The van der Waals surface area contributed by atoms with Crippen molar-refractivity contribution in [3.63, 3.8) is 0 Å². The van der Waals surface area contributed by atoms with Crippen LogP contribution in [0.5, 0.6) is 0 Å². The highest BCUT2D eigenvalue weighted by atomic mass is 16.5. The van der Waals surface area contributed by atoms with E-state index in [4.69, 9.17) is 8.94 Å². The number of aromatic amines is 1. The first-order chi connectivity index (χ1) is 11.6. The highest BCUT2D eigenvalue weighted by Crippen LogP contribution is 2.16. The molecule has 2 amide bonds.